The summed E-state index contributed by atoms with van der Waals surface area (Å²) in [6, 6.07) is 9.13. The molecule has 28 heavy (non-hydrogen) atoms. The van der Waals surface area contributed by atoms with Crippen molar-refractivity contribution < 1.29 is 14.3 Å². The van der Waals surface area contributed by atoms with E-state index < -0.39 is 5.91 Å². The maximum absolute atomic E-state index is 12.5. The fraction of sp³-hybridized carbons (Fsp3) is 0.211. The van der Waals surface area contributed by atoms with Gasteiger partial charge in [-0.25, -0.2) is 4.98 Å². The molecule has 2 aromatic heterocycles. The lowest BCUT2D eigenvalue weighted by Gasteiger charge is -2.28. The number of nitrogens with one attached hydrogen (secondary N) is 2. The van der Waals surface area contributed by atoms with Gasteiger partial charge in [-0.3, -0.25) is 14.9 Å². The third-order valence-corrected chi connectivity index (χ3v) is 5.23. The van der Waals surface area contributed by atoms with Crippen LogP contribution in [0.15, 0.2) is 41.9 Å². The summed E-state index contributed by atoms with van der Waals surface area (Å²) < 4.78 is 5.36. The number of carbonyl (C=O) groups excluding carboxylic acids is 2. The van der Waals surface area contributed by atoms with Crippen molar-refractivity contribution in [2.75, 3.05) is 36.5 Å². The number of benzene rings is 1. The van der Waals surface area contributed by atoms with E-state index in [9.17, 15) is 9.59 Å². The summed E-state index contributed by atoms with van der Waals surface area (Å²) in [5.41, 5.74) is 8.59. The average Bonchev–Trinajstić information content (AvgIpc) is 3.38. The fourth-order valence-electron chi connectivity index (χ4n) is 2.96. The molecule has 1 saturated heterocycles. The van der Waals surface area contributed by atoms with Gasteiger partial charge in [0.25, 0.3) is 11.8 Å². The quantitative estimate of drug-likeness (QED) is 0.611. The molecule has 0 radical (unpaired) electrons. The standard InChI is InChI=1S/C19H19N5O3S/c20-17(25)15-9-13(10-21-15)16-11-28-19(22-16)23-18(26)12-1-3-14(4-2-12)24-5-7-27-8-6-24/h1-4,9-11,21H,5-8H2,(H2,20,25)(H,22,23,26). The highest BCUT2D eigenvalue weighted by molar-refractivity contribution is 7.14. The van der Waals surface area contributed by atoms with E-state index in [1.54, 1.807) is 24.4 Å². The molecule has 1 aliphatic heterocycles. The van der Waals surface area contributed by atoms with Gasteiger partial charge in [-0.15, -0.1) is 11.3 Å². The van der Waals surface area contributed by atoms with E-state index in [0.29, 0.717) is 22.1 Å². The summed E-state index contributed by atoms with van der Waals surface area (Å²) in [5, 5.41) is 5.11. The molecule has 3 aromatic rings. The van der Waals surface area contributed by atoms with Crippen molar-refractivity contribution in [1.82, 2.24) is 9.97 Å². The van der Waals surface area contributed by atoms with E-state index in [1.807, 2.05) is 17.5 Å². The van der Waals surface area contributed by atoms with Gasteiger partial charge < -0.3 is 20.4 Å². The van der Waals surface area contributed by atoms with Crippen molar-refractivity contribution in [2.24, 2.45) is 5.73 Å². The molecule has 0 spiro atoms. The molecule has 4 N–H and O–H groups in total. The number of nitrogens with two attached hydrogens (primary N) is 1. The first kappa shape index (κ1) is 18.2. The summed E-state index contributed by atoms with van der Waals surface area (Å²) in [7, 11) is 0. The predicted octanol–water partition coefficient (Wildman–Crippen LogP) is 2.33. The molecule has 9 heteroatoms. The van der Waals surface area contributed by atoms with Crippen molar-refractivity contribution >= 4 is 34.0 Å². The van der Waals surface area contributed by atoms with Crippen LogP contribution in [-0.2, 0) is 4.74 Å². The Bertz CT molecular complexity index is 989. The van der Waals surface area contributed by atoms with E-state index in [2.05, 4.69) is 20.2 Å². The monoisotopic (exact) mass is 397 g/mol. The van der Waals surface area contributed by atoms with Gasteiger partial charge in [-0.2, -0.15) is 0 Å². The normalized spacial score (nSPS) is 14.1. The predicted molar refractivity (Wildman–Crippen MR) is 108 cm³/mol. The van der Waals surface area contributed by atoms with Gasteiger partial charge in [0.1, 0.15) is 5.69 Å². The number of hydrogen-bond acceptors (Lipinski definition) is 6. The molecule has 144 valence electrons. The van der Waals surface area contributed by atoms with Crippen molar-refractivity contribution in [2.45, 2.75) is 0 Å². The first-order valence-corrected chi connectivity index (χ1v) is 9.66. The SMILES string of the molecule is NC(=O)c1cc(-c2csc(NC(=O)c3ccc(N4CCOCC4)cc3)n2)c[nH]1. The molecular formula is C19H19N5O3S. The van der Waals surface area contributed by atoms with E-state index >= 15 is 0 Å². The Kier molecular flexibility index (Phi) is 5.09. The highest BCUT2D eigenvalue weighted by Gasteiger charge is 2.14. The molecule has 3 heterocycles. The maximum Gasteiger partial charge on any atom is 0.265 e. The van der Waals surface area contributed by atoms with Crippen molar-refractivity contribution in [3.05, 3.63) is 53.2 Å². The molecule has 1 fully saturated rings. The van der Waals surface area contributed by atoms with Gasteiger partial charge in [0.15, 0.2) is 5.13 Å². The van der Waals surface area contributed by atoms with Crippen molar-refractivity contribution in [1.29, 1.82) is 0 Å². The molecule has 0 bridgehead atoms. The van der Waals surface area contributed by atoms with Gasteiger partial charge >= 0.3 is 0 Å². The Balaban J connectivity index is 1.42. The number of hydrogen-bond donors (Lipinski definition) is 3. The molecule has 8 nitrogen and oxygen atoms in total. The highest BCUT2D eigenvalue weighted by atomic mass is 32.1. The minimum atomic E-state index is -0.532. The van der Waals surface area contributed by atoms with E-state index in [4.69, 9.17) is 10.5 Å². The highest BCUT2D eigenvalue weighted by Crippen LogP contribution is 2.26. The zero-order chi connectivity index (χ0) is 19.5. The van der Waals surface area contributed by atoms with Crippen LogP contribution in [0.5, 0.6) is 0 Å². The van der Waals surface area contributed by atoms with Crippen LogP contribution in [0.3, 0.4) is 0 Å². The van der Waals surface area contributed by atoms with Gasteiger partial charge in [0, 0.05) is 41.5 Å². The second-order valence-corrected chi connectivity index (χ2v) is 7.16. The smallest absolute Gasteiger partial charge is 0.265 e. The Hall–Kier alpha value is -3.17. The number of primary amides is 1. The summed E-state index contributed by atoms with van der Waals surface area (Å²) >= 11 is 1.32. The van der Waals surface area contributed by atoms with Crippen LogP contribution in [0.4, 0.5) is 10.8 Å². The Morgan fingerprint density at radius 3 is 2.64 bits per heavy atom. The lowest BCUT2D eigenvalue weighted by molar-refractivity contribution is 0.0994. The molecule has 0 unspecified atom stereocenters. The second-order valence-electron chi connectivity index (χ2n) is 6.30. The fourth-order valence-corrected chi connectivity index (χ4v) is 3.68. The Labute approximate surface area is 165 Å². The summed E-state index contributed by atoms with van der Waals surface area (Å²) in [6.45, 7) is 3.14. The van der Waals surface area contributed by atoms with Crippen LogP contribution < -0.4 is 16.0 Å². The molecular weight excluding hydrogens is 378 g/mol. The number of anilines is 2. The van der Waals surface area contributed by atoms with Gasteiger partial charge in [0.05, 0.1) is 18.9 Å². The van der Waals surface area contributed by atoms with Gasteiger partial charge in [-0.05, 0) is 30.3 Å². The number of morpholine rings is 1. The number of nitrogens with zero attached hydrogens (tertiary/aromatic N) is 2. The third kappa shape index (κ3) is 3.90. The Morgan fingerprint density at radius 2 is 1.96 bits per heavy atom. The molecule has 0 saturated carbocycles. The maximum atomic E-state index is 12.5. The van der Waals surface area contributed by atoms with E-state index in [1.165, 1.54) is 11.3 Å². The largest absolute Gasteiger partial charge is 0.378 e. The molecule has 1 aliphatic rings. The minimum Gasteiger partial charge on any atom is -0.378 e. The number of ether oxygens (including phenoxy) is 1. The number of amides is 2. The number of carbonyl (C=O) groups is 2. The number of aromatic nitrogens is 2. The lowest BCUT2D eigenvalue weighted by Crippen LogP contribution is -2.36. The first-order valence-electron chi connectivity index (χ1n) is 8.78. The summed E-state index contributed by atoms with van der Waals surface area (Å²) in [6.07, 6.45) is 1.66. The van der Waals surface area contributed by atoms with Crippen LogP contribution in [0.2, 0.25) is 0 Å². The first-order chi connectivity index (χ1) is 13.6. The molecule has 1 aromatic carbocycles. The zero-order valence-corrected chi connectivity index (χ0v) is 15.8. The minimum absolute atomic E-state index is 0.221. The van der Waals surface area contributed by atoms with E-state index in [0.717, 1.165) is 37.6 Å². The molecule has 2 amide bonds. The summed E-state index contributed by atoms with van der Waals surface area (Å²) in [4.78, 5) is 33.1. The molecule has 0 atom stereocenters. The van der Waals surface area contributed by atoms with Crippen LogP contribution in [-0.4, -0.2) is 48.1 Å². The third-order valence-electron chi connectivity index (χ3n) is 4.47. The topological polar surface area (TPSA) is 113 Å². The van der Waals surface area contributed by atoms with Gasteiger partial charge in [-0.1, -0.05) is 0 Å². The number of rotatable bonds is 5. The van der Waals surface area contributed by atoms with Crippen molar-refractivity contribution in [3.63, 3.8) is 0 Å². The van der Waals surface area contributed by atoms with E-state index in [-0.39, 0.29) is 5.91 Å². The number of aromatic amines is 1. The number of thiazole rings is 1. The van der Waals surface area contributed by atoms with Gasteiger partial charge in [0.2, 0.25) is 0 Å². The van der Waals surface area contributed by atoms with Crippen LogP contribution >= 0.6 is 11.3 Å². The van der Waals surface area contributed by atoms with Crippen LogP contribution in [0.1, 0.15) is 20.8 Å². The van der Waals surface area contributed by atoms with Crippen molar-refractivity contribution in [3.8, 4) is 11.3 Å². The average molecular weight is 397 g/mol. The summed E-state index contributed by atoms with van der Waals surface area (Å²) in [5.74, 6) is -0.753. The molecule has 0 aliphatic carbocycles. The second kappa shape index (κ2) is 7.83. The lowest BCUT2D eigenvalue weighted by atomic mass is 10.2. The van der Waals surface area contributed by atoms with Crippen LogP contribution in [0, 0.1) is 0 Å². The zero-order valence-electron chi connectivity index (χ0n) is 15.0. The van der Waals surface area contributed by atoms with Crippen LogP contribution in [0.25, 0.3) is 11.3 Å². The number of H-pyrrole nitrogens is 1. The molecule has 4 rings (SSSR count). The Morgan fingerprint density at radius 1 is 1.21 bits per heavy atom.